The average molecular weight is 394 g/mol. The molecule has 1 aromatic carbocycles. The molecule has 0 saturated carbocycles. The smallest absolute Gasteiger partial charge is 0.346 e. The van der Waals surface area contributed by atoms with Crippen LogP contribution in [0.5, 0.6) is 0 Å². The Morgan fingerprint density at radius 1 is 1.15 bits per heavy atom. The summed E-state index contributed by atoms with van der Waals surface area (Å²) in [6.07, 6.45) is 1.60. The molecule has 0 heterocycles. The van der Waals surface area contributed by atoms with Crippen LogP contribution in [0, 0.1) is 20.2 Å². The number of carbonyl (C=O) groups excluding carboxylic acids is 1. The number of ether oxygens (including phenoxy) is 1. The van der Waals surface area contributed by atoms with Crippen molar-refractivity contribution >= 4 is 39.9 Å². The number of nitro groups is 2. The van der Waals surface area contributed by atoms with Crippen molar-refractivity contribution < 1.29 is 19.4 Å². The Kier molecular flexibility index (Phi) is 6.28. The number of hydrogen-bond acceptors (Lipinski definition) is 6. The molecule has 0 unspecified atom stereocenters. The Labute approximate surface area is 127 Å². The fraction of sp³-hybridized carbons (Fsp3) is 0.364. The topological polar surface area (TPSA) is 113 Å². The summed E-state index contributed by atoms with van der Waals surface area (Å²) in [4.78, 5) is 31.3. The minimum atomic E-state index is -0.898. The van der Waals surface area contributed by atoms with Gasteiger partial charge in [-0.25, -0.2) is 4.79 Å². The fourth-order valence-corrected chi connectivity index (χ4v) is 1.94. The van der Waals surface area contributed by atoms with Crippen LogP contribution in [-0.2, 0) is 4.74 Å². The molecule has 0 aliphatic rings. The van der Waals surface area contributed by atoms with Gasteiger partial charge in [0.25, 0.3) is 0 Å². The third-order valence-corrected chi connectivity index (χ3v) is 3.13. The van der Waals surface area contributed by atoms with Crippen LogP contribution in [0.25, 0.3) is 0 Å². The normalized spacial score (nSPS) is 10.1. The number of nitrogens with zero attached hydrogens (tertiary/aromatic N) is 2. The van der Waals surface area contributed by atoms with Gasteiger partial charge in [0.05, 0.1) is 22.0 Å². The molecule has 0 aliphatic heterocycles. The Morgan fingerprint density at radius 2 is 1.80 bits per heavy atom. The molecule has 0 bridgehead atoms. The van der Waals surface area contributed by atoms with Crippen LogP contribution in [0.15, 0.2) is 18.2 Å². The van der Waals surface area contributed by atoms with E-state index in [2.05, 4.69) is 22.6 Å². The lowest BCUT2D eigenvalue weighted by Gasteiger charge is -2.04. The standard InChI is InChI=1S/C11H11IN2O6/c12-5-1-2-6-20-11(15)8-3-4-9(13(16)17)10(7-8)14(18)19/h3-4,7H,1-2,5-6H2. The first-order chi connectivity index (χ1) is 9.47. The van der Waals surface area contributed by atoms with Gasteiger partial charge in [0, 0.05) is 12.1 Å². The van der Waals surface area contributed by atoms with E-state index in [-0.39, 0.29) is 12.2 Å². The molecule has 0 fully saturated rings. The summed E-state index contributed by atoms with van der Waals surface area (Å²) in [6.45, 7) is 0.215. The molecule has 0 radical (unpaired) electrons. The number of benzene rings is 1. The van der Waals surface area contributed by atoms with Crippen LogP contribution in [0.1, 0.15) is 23.2 Å². The molecule has 0 amide bonds. The maximum Gasteiger partial charge on any atom is 0.346 e. The predicted octanol–water partition coefficient (Wildman–Crippen LogP) is 2.88. The van der Waals surface area contributed by atoms with Gasteiger partial charge in [-0.05, 0) is 23.3 Å². The van der Waals surface area contributed by atoms with E-state index in [0.717, 1.165) is 29.0 Å². The first kappa shape index (κ1) is 16.3. The number of unbranched alkanes of at least 4 members (excludes halogenated alkanes) is 1. The van der Waals surface area contributed by atoms with Gasteiger partial charge in [0.2, 0.25) is 0 Å². The lowest BCUT2D eigenvalue weighted by Crippen LogP contribution is -2.08. The molecule has 1 rings (SSSR count). The largest absolute Gasteiger partial charge is 0.462 e. The average Bonchev–Trinajstić information content (AvgIpc) is 2.42. The number of alkyl halides is 1. The highest BCUT2D eigenvalue weighted by atomic mass is 127. The molecule has 0 N–H and O–H groups in total. The van der Waals surface area contributed by atoms with Crippen LogP contribution in [0.2, 0.25) is 0 Å². The molecule has 0 aliphatic carbocycles. The SMILES string of the molecule is O=C(OCCCCI)c1ccc([N+](=O)[O-])c([N+](=O)[O-])c1. The molecule has 1 aromatic rings. The second-order valence-electron chi connectivity index (χ2n) is 3.75. The predicted molar refractivity (Wildman–Crippen MR) is 78.2 cm³/mol. The van der Waals surface area contributed by atoms with Gasteiger partial charge in [0.1, 0.15) is 0 Å². The number of halogens is 1. The van der Waals surface area contributed by atoms with Gasteiger partial charge in [0.15, 0.2) is 0 Å². The van der Waals surface area contributed by atoms with E-state index in [4.69, 9.17) is 4.74 Å². The van der Waals surface area contributed by atoms with Crippen molar-refractivity contribution in [1.82, 2.24) is 0 Å². The van der Waals surface area contributed by atoms with Gasteiger partial charge in [-0.15, -0.1) is 0 Å². The molecular formula is C11H11IN2O6. The van der Waals surface area contributed by atoms with Crippen molar-refractivity contribution in [2.45, 2.75) is 12.8 Å². The Morgan fingerprint density at radius 3 is 2.35 bits per heavy atom. The van der Waals surface area contributed by atoms with Crippen LogP contribution < -0.4 is 0 Å². The molecular weight excluding hydrogens is 383 g/mol. The van der Waals surface area contributed by atoms with E-state index in [1.165, 1.54) is 0 Å². The molecule has 9 heteroatoms. The molecule has 20 heavy (non-hydrogen) atoms. The fourth-order valence-electron chi connectivity index (χ4n) is 1.40. The zero-order valence-electron chi connectivity index (χ0n) is 10.3. The maximum absolute atomic E-state index is 11.6. The molecule has 0 aromatic heterocycles. The summed E-state index contributed by atoms with van der Waals surface area (Å²) >= 11 is 2.20. The lowest BCUT2D eigenvalue weighted by atomic mass is 10.2. The van der Waals surface area contributed by atoms with Crippen molar-refractivity contribution in [3.05, 3.63) is 44.0 Å². The summed E-state index contributed by atoms with van der Waals surface area (Å²) in [7, 11) is 0. The summed E-state index contributed by atoms with van der Waals surface area (Å²) in [5.74, 6) is -0.726. The van der Waals surface area contributed by atoms with E-state index in [0.29, 0.717) is 6.42 Å². The van der Waals surface area contributed by atoms with Crippen LogP contribution in [-0.4, -0.2) is 26.9 Å². The summed E-state index contributed by atoms with van der Waals surface area (Å²) in [6, 6.07) is 2.93. The summed E-state index contributed by atoms with van der Waals surface area (Å²) in [5.41, 5.74) is -1.45. The monoisotopic (exact) mass is 394 g/mol. The van der Waals surface area contributed by atoms with Gasteiger partial charge in [-0.2, -0.15) is 0 Å². The second-order valence-corrected chi connectivity index (χ2v) is 4.83. The Hall–Kier alpha value is -1.78. The third-order valence-electron chi connectivity index (χ3n) is 2.37. The van der Waals surface area contributed by atoms with Gasteiger partial charge < -0.3 is 4.74 Å². The number of esters is 1. The highest BCUT2D eigenvalue weighted by Crippen LogP contribution is 2.27. The van der Waals surface area contributed by atoms with Crippen LogP contribution in [0.3, 0.4) is 0 Å². The van der Waals surface area contributed by atoms with Crippen molar-refractivity contribution in [2.24, 2.45) is 0 Å². The lowest BCUT2D eigenvalue weighted by molar-refractivity contribution is -0.422. The first-order valence-electron chi connectivity index (χ1n) is 5.63. The highest BCUT2D eigenvalue weighted by Gasteiger charge is 2.25. The van der Waals surface area contributed by atoms with Gasteiger partial charge in [-0.1, -0.05) is 22.6 Å². The van der Waals surface area contributed by atoms with Crippen molar-refractivity contribution in [2.75, 3.05) is 11.0 Å². The number of carbonyl (C=O) groups is 1. The van der Waals surface area contributed by atoms with Crippen molar-refractivity contribution in [1.29, 1.82) is 0 Å². The van der Waals surface area contributed by atoms with Crippen molar-refractivity contribution in [3.63, 3.8) is 0 Å². The van der Waals surface area contributed by atoms with Gasteiger partial charge >= 0.3 is 17.3 Å². The number of nitro benzene ring substituents is 2. The van der Waals surface area contributed by atoms with Gasteiger partial charge in [-0.3, -0.25) is 20.2 Å². The van der Waals surface area contributed by atoms with Crippen LogP contribution in [0.4, 0.5) is 11.4 Å². The first-order valence-corrected chi connectivity index (χ1v) is 7.16. The minimum absolute atomic E-state index is 0.0724. The number of hydrogen-bond donors (Lipinski definition) is 0. The zero-order chi connectivity index (χ0) is 15.1. The Bertz CT molecular complexity index is 534. The van der Waals surface area contributed by atoms with Crippen molar-refractivity contribution in [3.8, 4) is 0 Å². The van der Waals surface area contributed by atoms with Crippen LogP contribution >= 0.6 is 22.6 Å². The van der Waals surface area contributed by atoms with E-state index in [1.807, 2.05) is 0 Å². The highest BCUT2D eigenvalue weighted by molar-refractivity contribution is 14.1. The third kappa shape index (κ3) is 4.40. The molecule has 8 nitrogen and oxygen atoms in total. The minimum Gasteiger partial charge on any atom is -0.462 e. The Balaban J connectivity index is 2.86. The quantitative estimate of drug-likeness (QED) is 0.176. The summed E-state index contributed by atoms with van der Waals surface area (Å²) in [5, 5.41) is 21.4. The maximum atomic E-state index is 11.6. The molecule has 108 valence electrons. The second kappa shape index (κ2) is 7.72. The summed E-state index contributed by atoms with van der Waals surface area (Å²) < 4.78 is 5.87. The van der Waals surface area contributed by atoms with E-state index in [9.17, 15) is 25.0 Å². The van der Waals surface area contributed by atoms with E-state index in [1.54, 1.807) is 0 Å². The molecule has 0 saturated heterocycles. The molecule has 0 atom stereocenters. The zero-order valence-corrected chi connectivity index (χ0v) is 12.4. The molecule has 0 spiro atoms. The number of rotatable bonds is 7. The van der Waals surface area contributed by atoms with E-state index < -0.39 is 27.2 Å². The van der Waals surface area contributed by atoms with E-state index >= 15 is 0 Å².